The summed E-state index contributed by atoms with van der Waals surface area (Å²) in [6.07, 6.45) is 5.26. The largest absolute Gasteiger partial charge is 0.384 e. The number of aromatic nitrogens is 2. The first-order valence-electron chi connectivity index (χ1n) is 10.9. The zero-order chi connectivity index (χ0) is 21.4. The lowest BCUT2D eigenvalue weighted by Crippen LogP contribution is -2.48. The van der Waals surface area contributed by atoms with Crippen LogP contribution in [0.2, 0.25) is 0 Å². The maximum atomic E-state index is 13.2. The van der Waals surface area contributed by atoms with Crippen molar-refractivity contribution >= 4 is 29.1 Å². The fourth-order valence-electron chi connectivity index (χ4n) is 4.72. The van der Waals surface area contributed by atoms with Crippen molar-refractivity contribution in [3.05, 3.63) is 42.2 Å². The molecule has 1 aliphatic carbocycles. The summed E-state index contributed by atoms with van der Waals surface area (Å²) in [6.45, 7) is 2.24. The molecule has 1 saturated carbocycles. The Morgan fingerprint density at radius 3 is 2.84 bits per heavy atom. The van der Waals surface area contributed by atoms with E-state index in [1.54, 1.807) is 36.4 Å². The Balaban J connectivity index is 1.41. The highest BCUT2D eigenvalue weighted by atomic mass is 16.5. The van der Waals surface area contributed by atoms with E-state index >= 15 is 0 Å². The molecule has 8 nitrogen and oxygen atoms in total. The van der Waals surface area contributed by atoms with Crippen molar-refractivity contribution in [1.29, 1.82) is 0 Å². The number of Topliss-reactive ketones (excluding diaryl/α,β-unsaturated/α-hetero) is 1. The van der Waals surface area contributed by atoms with Crippen molar-refractivity contribution in [2.45, 2.75) is 31.7 Å². The highest BCUT2D eigenvalue weighted by molar-refractivity contribution is 6.05. The van der Waals surface area contributed by atoms with E-state index in [0.29, 0.717) is 36.3 Å². The van der Waals surface area contributed by atoms with Crippen LogP contribution >= 0.6 is 0 Å². The summed E-state index contributed by atoms with van der Waals surface area (Å²) in [5.41, 5.74) is 1.32. The molecule has 2 amide bonds. The minimum absolute atomic E-state index is 0.00903. The molecule has 0 radical (unpaired) electrons. The van der Waals surface area contributed by atoms with Crippen molar-refractivity contribution < 1.29 is 14.3 Å². The number of anilines is 3. The SMILES string of the molecule is COC[C@H](CC(=O)c1ccc2c(n1)N(C(=O)Nc1ccccn1)[C@H]1CCN2C1)C1CC1. The Bertz CT molecular complexity index is 978. The van der Waals surface area contributed by atoms with Crippen molar-refractivity contribution in [2.75, 3.05) is 41.9 Å². The minimum atomic E-state index is -0.265. The Hall–Kier alpha value is -3.00. The standard InChI is InChI=1S/C23H27N5O3/c1-31-14-16(15-5-6-15)12-20(29)18-7-8-19-22(25-18)28(17-9-11-27(19)13-17)23(30)26-21-4-2-3-10-24-21/h2-4,7-8,10,15-17H,5-6,9,11-14H2,1H3,(H,24,26,30)/t16-,17-/m0/s1. The van der Waals surface area contributed by atoms with Gasteiger partial charge in [0.1, 0.15) is 11.5 Å². The van der Waals surface area contributed by atoms with Crippen LogP contribution < -0.4 is 15.1 Å². The van der Waals surface area contributed by atoms with Gasteiger partial charge in [-0.2, -0.15) is 0 Å². The monoisotopic (exact) mass is 421 g/mol. The maximum absolute atomic E-state index is 13.2. The molecule has 2 fully saturated rings. The molecule has 0 spiro atoms. The van der Waals surface area contributed by atoms with E-state index in [9.17, 15) is 9.59 Å². The number of nitrogens with zero attached hydrogens (tertiary/aromatic N) is 4. The summed E-state index contributed by atoms with van der Waals surface area (Å²) in [5, 5.41) is 2.87. The summed E-state index contributed by atoms with van der Waals surface area (Å²) < 4.78 is 5.33. The summed E-state index contributed by atoms with van der Waals surface area (Å²) in [6, 6.07) is 8.88. The van der Waals surface area contributed by atoms with Crippen LogP contribution in [0.25, 0.3) is 0 Å². The highest BCUT2D eigenvalue weighted by Gasteiger charge is 2.41. The molecule has 5 rings (SSSR count). The van der Waals surface area contributed by atoms with Crippen molar-refractivity contribution in [3.8, 4) is 0 Å². The van der Waals surface area contributed by atoms with Gasteiger partial charge >= 0.3 is 6.03 Å². The lowest BCUT2D eigenvalue weighted by atomic mass is 9.96. The number of carbonyl (C=O) groups is 2. The summed E-state index contributed by atoms with van der Waals surface area (Å²) >= 11 is 0. The van der Waals surface area contributed by atoms with Crippen LogP contribution in [-0.2, 0) is 4.74 Å². The molecule has 2 atom stereocenters. The molecule has 162 valence electrons. The van der Waals surface area contributed by atoms with Gasteiger partial charge in [0.05, 0.1) is 11.7 Å². The van der Waals surface area contributed by atoms with Crippen molar-refractivity contribution in [1.82, 2.24) is 9.97 Å². The third-order valence-electron chi connectivity index (χ3n) is 6.47. The maximum Gasteiger partial charge on any atom is 0.329 e. The predicted octanol–water partition coefficient (Wildman–Crippen LogP) is 3.35. The first-order chi connectivity index (χ1) is 15.1. The fraction of sp³-hybridized carbons (Fsp3) is 0.478. The number of methoxy groups -OCH3 is 1. The minimum Gasteiger partial charge on any atom is -0.384 e. The van der Waals surface area contributed by atoms with Gasteiger partial charge in [-0.05, 0) is 55.4 Å². The zero-order valence-corrected chi connectivity index (χ0v) is 17.7. The van der Waals surface area contributed by atoms with Crippen LogP contribution in [0.3, 0.4) is 0 Å². The van der Waals surface area contributed by atoms with Gasteiger partial charge in [0.25, 0.3) is 0 Å². The number of hydrogen-bond donors (Lipinski definition) is 1. The first kappa shape index (κ1) is 19.9. The molecule has 3 aliphatic rings. The van der Waals surface area contributed by atoms with Crippen LogP contribution in [0.4, 0.5) is 22.1 Å². The molecular formula is C23H27N5O3. The van der Waals surface area contributed by atoms with Gasteiger partial charge in [0, 0.05) is 39.4 Å². The van der Waals surface area contributed by atoms with Crippen LogP contribution in [0.5, 0.6) is 0 Å². The van der Waals surface area contributed by atoms with E-state index in [0.717, 1.165) is 38.0 Å². The number of rotatable bonds is 7. The molecule has 0 unspecified atom stereocenters. The van der Waals surface area contributed by atoms with Crippen molar-refractivity contribution in [3.63, 3.8) is 0 Å². The van der Waals surface area contributed by atoms with E-state index in [2.05, 4.69) is 15.2 Å². The summed E-state index contributed by atoms with van der Waals surface area (Å²) in [4.78, 5) is 39.1. The third-order valence-corrected chi connectivity index (χ3v) is 6.47. The third kappa shape index (κ3) is 3.99. The molecule has 31 heavy (non-hydrogen) atoms. The van der Waals surface area contributed by atoms with Gasteiger partial charge in [-0.25, -0.2) is 14.8 Å². The predicted molar refractivity (Wildman–Crippen MR) is 118 cm³/mol. The molecule has 2 bridgehead atoms. The lowest BCUT2D eigenvalue weighted by molar-refractivity contribution is 0.0881. The van der Waals surface area contributed by atoms with Crippen LogP contribution in [0.15, 0.2) is 36.5 Å². The summed E-state index contributed by atoms with van der Waals surface area (Å²) in [5.74, 6) is 1.87. The normalized spacial score (nSPS) is 20.4. The Kier molecular flexibility index (Phi) is 5.31. The average Bonchev–Trinajstić information content (AvgIpc) is 3.55. The van der Waals surface area contributed by atoms with E-state index in [4.69, 9.17) is 9.72 Å². The number of pyridine rings is 2. The van der Waals surface area contributed by atoms with Gasteiger partial charge in [0.15, 0.2) is 11.6 Å². The first-order valence-corrected chi connectivity index (χ1v) is 10.9. The second kappa shape index (κ2) is 8.26. The van der Waals surface area contributed by atoms with Gasteiger partial charge < -0.3 is 9.64 Å². The molecule has 1 saturated heterocycles. The second-order valence-electron chi connectivity index (χ2n) is 8.62. The molecule has 8 heteroatoms. The van der Waals surface area contributed by atoms with Crippen LogP contribution in [-0.4, -0.2) is 54.6 Å². The molecule has 0 aromatic carbocycles. The number of fused-ring (bicyclic) bond motifs is 4. The molecule has 1 N–H and O–H groups in total. The van der Waals surface area contributed by atoms with Gasteiger partial charge in [-0.3, -0.25) is 15.0 Å². The number of amides is 2. The topological polar surface area (TPSA) is 87.7 Å². The Labute approximate surface area is 181 Å². The van der Waals surface area contributed by atoms with Crippen LogP contribution in [0, 0.1) is 11.8 Å². The number of nitrogens with one attached hydrogen (secondary N) is 1. The zero-order valence-electron chi connectivity index (χ0n) is 17.7. The highest BCUT2D eigenvalue weighted by Crippen LogP contribution is 2.41. The average molecular weight is 422 g/mol. The Morgan fingerprint density at radius 1 is 1.23 bits per heavy atom. The van der Waals surface area contributed by atoms with Crippen LogP contribution in [0.1, 0.15) is 36.2 Å². The Morgan fingerprint density at radius 2 is 2.10 bits per heavy atom. The van der Waals surface area contributed by atoms with E-state index < -0.39 is 0 Å². The summed E-state index contributed by atoms with van der Waals surface area (Å²) in [7, 11) is 1.68. The fourth-order valence-corrected chi connectivity index (χ4v) is 4.72. The van der Waals surface area contributed by atoms with Gasteiger partial charge in [0.2, 0.25) is 0 Å². The smallest absolute Gasteiger partial charge is 0.329 e. The molecule has 2 aliphatic heterocycles. The lowest BCUT2D eigenvalue weighted by Gasteiger charge is -2.35. The van der Waals surface area contributed by atoms with E-state index in [1.165, 1.54) is 0 Å². The second-order valence-corrected chi connectivity index (χ2v) is 8.62. The number of urea groups is 1. The van der Waals surface area contributed by atoms with Gasteiger partial charge in [-0.1, -0.05) is 6.07 Å². The van der Waals surface area contributed by atoms with E-state index in [1.807, 2.05) is 12.1 Å². The van der Waals surface area contributed by atoms with Crippen molar-refractivity contribution in [2.24, 2.45) is 11.8 Å². The van der Waals surface area contributed by atoms with E-state index in [-0.39, 0.29) is 23.8 Å². The molecule has 2 aromatic heterocycles. The quantitative estimate of drug-likeness (QED) is 0.690. The number of ketones is 1. The molecular weight excluding hydrogens is 394 g/mol. The number of ether oxygens (including phenoxy) is 1. The number of carbonyl (C=O) groups excluding carboxylic acids is 2. The number of hydrogen-bond acceptors (Lipinski definition) is 6. The molecule has 2 aromatic rings. The molecule has 4 heterocycles. The van der Waals surface area contributed by atoms with Gasteiger partial charge in [-0.15, -0.1) is 0 Å².